The number of halogens is 2. The summed E-state index contributed by atoms with van der Waals surface area (Å²) in [5.74, 6) is -0.827. The fourth-order valence-corrected chi connectivity index (χ4v) is 5.77. The molecule has 11 heteroatoms. The van der Waals surface area contributed by atoms with E-state index in [4.69, 9.17) is 11.6 Å². The van der Waals surface area contributed by atoms with Gasteiger partial charge in [0.1, 0.15) is 0 Å². The van der Waals surface area contributed by atoms with Gasteiger partial charge < -0.3 is 10.2 Å². The molecule has 158 valence electrons. The van der Waals surface area contributed by atoms with E-state index >= 15 is 0 Å². The molecule has 0 radical (unpaired) electrons. The molecule has 2 amide bonds. The van der Waals surface area contributed by atoms with Crippen molar-refractivity contribution in [1.82, 2.24) is 19.7 Å². The second kappa shape index (κ2) is 7.91. The van der Waals surface area contributed by atoms with Crippen molar-refractivity contribution in [2.75, 3.05) is 18.4 Å². The molecule has 0 spiro atoms. The Labute approximate surface area is 174 Å². The minimum atomic E-state index is -3.69. The molecule has 1 fully saturated rings. The number of hydrogen-bond donors (Lipinski definition) is 1. The Kier molecular flexibility index (Phi) is 5.86. The van der Waals surface area contributed by atoms with E-state index in [-0.39, 0.29) is 22.1 Å². The lowest BCUT2D eigenvalue weighted by Crippen LogP contribution is -2.48. The van der Waals surface area contributed by atoms with E-state index < -0.39 is 20.5 Å². The molecule has 3 rings (SSSR count). The van der Waals surface area contributed by atoms with Crippen LogP contribution in [-0.4, -0.2) is 51.9 Å². The molecular weight excluding hydrogens is 421 g/mol. The van der Waals surface area contributed by atoms with Crippen molar-refractivity contribution in [3.63, 3.8) is 0 Å². The molecule has 3 heterocycles. The number of amides is 2. The van der Waals surface area contributed by atoms with Gasteiger partial charge in [0.15, 0.2) is 10.2 Å². The zero-order valence-electron chi connectivity index (χ0n) is 16.4. The summed E-state index contributed by atoms with van der Waals surface area (Å²) in [6, 6.07) is 3.64. The zero-order chi connectivity index (χ0) is 21.4. The average molecular weight is 444 g/mol. The van der Waals surface area contributed by atoms with E-state index in [2.05, 4.69) is 15.4 Å². The van der Waals surface area contributed by atoms with Crippen LogP contribution in [0.2, 0.25) is 5.15 Å². The van der Waals surface area contributed by atoms with Gasteiger partial charge in [0, 0.05) is 44.2 Å². The number of aryl methyl sites for hydroxylation is 1. The van der Waals surface area contributed by atoms with Gasteiger partial charge in [-0.05, 0) is 38.7 Å². The van der Waals surface area contributed by atoms with Gasteiger partial charge in [-0.2, -0.15) is 9.49 Å². The van der Waals surface area contributed by atoms with Crippen LogP contribution in [0.1, 0.15) is 26.7 Å². The number of piperidine rings is 1. The fraction of sp³-hybridized carbons (Fsp3) is 0.500. The van der Waals surface area contributed by atoms with E-state index in [1.165, 1.54) is 23.0 Å². The van der Waals surface area contributed by atoms with Crippen molar-refractivity contribution in [3.8, 4) is 0 Å². The number of hydrogen-bond acceptors (Lipinski definition) is 5. The molecule has 1 saturated heterocycles. The number of sulfone groups is 1. The second-order valence-corrected chi connectivity index (χ2v) is 10.5. The first-order chi connectivity index (χ1) is 13.5. The lowest BCUT2D eigenvalue weighted by Gasteiger charge is -2.40. The molecule has 1 N–H and O–H groups in total. The molecule has 0 aromatic carbocycles. The van der Waals surface area contributed by atoms with E-state index in [0.29, 0.717) is 31.6 Å². The third-order valence-electron chi connectivity index (χ3n) is 5.52. The Bertz CT molecular complexity index is 1020. The Morgan fingerprint density at radius 1 is 1.31 bits per heavy atom. The molecule has 0 bridgehead atoms. The van der Waals surface area contributed by atoms with Crippen LogP contribution in [0, 0.1) is 11.9 Å². The maximum atomic E-state index is 13.2. The van der Waals surface area contributed by atoms with Crippen LogP contribution >= 0.6 is 11.6 Å². The van der Waals surface area contributed by atoms with Crippen molar-refractivity contribution >= 4 is 33.2 Å². The topological polar surface area (TPSA) is 97.2 Å². The third kappa shape index (κ3) is 4.23. The number of nitrogens with one attached hydrogen (secondary N) is 1. The number of urea groups is 1. The predicted octanol–water partition coefficient (Wildman–Crippen LogP) is 3.10. The summed E-state index contributed by atoms with van der Waals surface area (Å²) in [6.07, 6.45) is 2.32. The molecule has 0 atom stereocenters. The molecule has 29 heavy (non-hydrogen) atoms. The van der Waals surface area contributed by atoms with E-state index in [1.807, 2.05) is 0 Å². The van der Waals surface area contributed by atoms with E-state index in [0.717, 1.165) is 6.07 Å². The number of carbonyl (C=O) groups is 1. The van der Waals surface area contributed by atoms with Crippen molar-refractivity contribution in [3.05, 3.63) is 35.5 Å². The maximum Gasteiger partial charge on any atom is 0.321 e. The van der Waals surface area contributed by atoms with Crippen LogP contribution in [-0.2, 0) is 16.9 Å². The maximum absolute atomic E-state index is 13.2. The summed E-state index contributed by atoms with van der Waals surface area (Å²) >= 11 is 5.86. The highest BCUT2D eigenvalue weighted by atomic mass is 35.5. The van der Waals surface area contributed by atoms with Gasteiger partial charge >= 0.3 is 6.03 Å². The van der Waals surface area contributed by atoms with Crippen molar-refractivity contribution in [2.45, 2.75) is 36.5 Å². The fourth-order valence-electron chi connectivity index (χ4n) is 3.62. The summed E-state index contributed by atoms with van der Waals surface area (Å²) in [5.41, 5.74) is 0.320. The van der Waals surface area contributed by atoms with Gasteiger partial charge in [-0.25, -0.2) is 18.2 Å². The Hall–Kier alpha value is -2.20. The summed E-state index contributed by atoms with van der Waals surface area (Å²) in [5, 5.41) is 6.76. The zero-order valence-corrected chi connectivity index (χ0v) is 18.0. The monoisotopic (exact) mass is 443 g/mol. The van der Waals surface area contributed by atoms with Gasteiger partial charge in [0.2, 0.25) is 15.8 Å². The molecular formula is C18H23ClFN5O3S. The second-order valence-electron chi connectivity index (χ2n) is 7.59. The highest BCUT2D eigenvalue weighted by Gasteiger charge is 2.45. The molecule has 0 unspecified atom stereocenters. The first-order valence-electron chi connectivity index (χ1n) is 9.14. The summed E-state index contributed by atoms with van der Waals surface area (Å²) in [6.45, 7) is 4.19. The van der Waals surface area contributed by atoms with Gasteiger partial charge in [-0.3, -0.25) is 4.68 Å². The van der Waals surface area contributed by atoms with Crippen LogP contribution < -0.4 is 5.32 Å². The quantitative estimate of drug-likeness (QED) is 0.732. The lowest BCUT2D eigenvalue weighted by molar-refractivity contribution is 0.171. The molecule has 0 aliphatic carbocycles. The number of pyridine rings is 1. The number of nitrogens with zero attached hydrogens (tertiary/aromatic N) is 4. The number of carbonyl (C=O) groups excluding carboxylic acids is 1. The predicted molar refractivity (Wildman–Crippen MR) is 107 cm³/mol. The number of anilines is 1. The lowest BCUT2D eigenvalue weighted by atomic mass is 9.86. The molecule has 2 aromatic rings. The minimum absolute atomic E-state index is 0.0763. The summed E-state index contributed by atoms with van der Waals surface area (Å²) < 4.78 is 39.8. The Morgan fingerprint density at radius 3 is 2.52 bits per heavy atom. The van der Waals surface area contributed by atoms with Crippen molar-refractivity contribution < 1.29 is 17.6 Å². The van der Waals surface area contributed by atoms with Crippen LogP contribution in [0.4, 0.5) is 14.9 Å². The smallest absolute Gasteiger partial charge is 0.321 e. The first-order valence-corrected chi connectivity index (χ1v) is 11.0. The highest BCUT2D eigenvalue weighted by molar-refractivity contribution is 7.92. The van der Waals surface area contributed by atoms with Crippen LogP contribution in [0.15, 0.2) is 29.4 Å². The minimum Gasteiger partial charge on any atom is -0.325 e. The van der Waals surface area contributed by atoms with Gasteiger partial charge in [0.05, 0.1) is 4.75 Å². The van der Waals surface area contributed by atoms with Crippen LogP contribution in [0.25, 0.3) is 0 Å². The number of rotatable bonds is 4. The van der Waals surface area contributed by atoms with E-state index in [1.54, 1.807) is 25.8 Å². The molecule has 2 aromatic heterocycles. The standard InChI is InChI=1S/C18H23ClFN5O3S/c1-18(2,29(27,28)16-11-14(19)23-24(16)3)12-5-8-25(9-6-12)17(26)22-13-4-7-21-15(20)10-13/h4,7,10-12H,5-6,8-9H2,1-3H3,(H,21,22,26). The largest absolute Gasteiger partial charge is 0.325 e. The summed E-state index contributed by atoms with van der Waals surface area (Å²) in [7, 11) is -2.15. The van der Waals surface area contributed by atoms with Crippen molar-refractivity contribution in [2.24, 2.45) is 13.0 Å². The normalized spacial score (nSPS) is 16.1. The van der Waals surface area contributed by atoms with Crippen LogP contribution in [0.3, 0.4) is 0 Å². The van der Waals surface area contributed by atoms with Gasteiger partial charge in [0.25, 0.3) is 0 Å². The number of likely N-dealkylation sites (tertiary alicyclic amines) is 1. The number of aromatic nitrogens is 3. The van der Waals surface area contributed by atoms with Crippen molar-refractivity contribution in [1.29, 1.82) is 0 Å². The third-order valence-corrected chi connectivity index (χ3v) is 8.35. The molecule has 0 saturated carbocycles. The summed E-state index contributed by atoms with van der Waals surface area (Å²) in [4.78, 5) is 17.5. The Balaban J connectivity index is 1.67. The molecule has 8 nitrogen and oxygen atoms in total. The first kappa shape index (κ1) is 21.5. The molecule has 1 aliphatic rings. The van der Waals surface area contributed by atoms with Gasteiger partial charge in [-0.1, -0.05) is 11.6 Å². The Morgan fingerprint density at radius 2 is 1.97 bits per heavy atom. The van der Waals surface area contributed by atoms with Gasteiger partial charge in [-0.15, -0.1) is 0 Å². The average Bonchev–Trinajstić information content (AvgIpc) is 3.00. The van der Waals surface area contributed by atoms with E-state index in [9.17, 15) is 17.6 Å². The highest BCUT2D eigenvalue weighted by Crippen LogP contribution is 2.38. The molecule has 1 aliphatic heterocycles. The SMILES string of the molecule is Cn1nc(Cl)cc1S(=O)(=O)C(C)(C)C1CCN(C(=O)Nc2ccnc(F)c2)CC1. The van der Waals surface area contributed by atoms with Crippen LogP contribution in [0.5, 0.6) is 0 Å².